The first-order valence-electron chi connectivity index (χ1n) is 10.2. The summed E-state index contributed by atoms with van der Waals surface area (Å²) >= 11 is 0. The molecule has 6 nitrogen and oxygen atoms in total. The molecule has 1 fully saturated rings. The molecule has 2 heterocycles. The molecule has 0 atom stereocenters. The van der Waals surface area contributed by atoms with Crippen LogP contribution in [0.5, 0.6) is 5.75 Å². The summed E-state index contributed by atoms with van der Waals surface area (Å²) in [5, 5.41) is 16.5. The van der Waals surface area contributed by atoms with Crippen LogP contribution in [-0.2, 0) is 4.79 Å². The second kappa shape index (κ2) is 7.59. The second-order valence-electron chi connectivity index (χ2n) is 8.59. The molecule has 0 bridgehead atoms. The van der Waals surface area contributed by atoms with E-state index in [-0.39, 0.29) is 12.5 Å². The highest BCUT2D eigenvalue weighted by Crippen LogP contribution is 2.34. The smallest absolute Gasteiger partial charge is 0.262 e. The van der Waals surface area contributed by atoms with Crippen LogP contribution in [0.25, 0.3) is 0 Å². The highest BCUT2D eigenvalue weighted by atomic mass is 16.5. The van der Waals surface area contributed by atoms with Crippen molar-refractivity contribution < 1.29 is 14.6 Å². The Morgan fingerprint density at radius 1 is 1.17 bits per heavy atom. The van der Waals surface area contributed by atoms with Gasteiger partial charge in [-0.3, -0.25) is 4.79 Å². The van der Waals surface area contributed by atoms with Crippen molar-refractivity contribution in [1.29, 1.82) is 0 Å². The monoisotopic (exact) mass is 395 g/mol. The molecule has 0 radical (unpaired) electrons. The molecule has 3 N–H and O–H groups in total. The number of fused-ring (bicyclic) bond motifs is 1. The number of rotatable bonds is 4. The lowest BCUT2D eigenvalue weighted by Crippen LogP contribution is -2.41. The number of anilines is 4. The van der Waals surface area contributed by atoms with Gasteiger partial charge in [-0.05, 0) is 75.4 Å². The van der Waals surface area contributed by atoms with Crippen LogP contribution in [0.2, 0.25) is 0 Å². The third-order valence-electron chi connectivity index (χ3n) is 5.96. The molecule has 0 saturated carbocycles. The van der Waals surface area contributed by atoms with E-state index in [1.807, 2.05) is 32.0 Å². The SMILES string of the molecule is Cc1cc(N2CCC(C(C)(C)O)CC2)ccc1Nc1ccc2c(c1)OCC(=O)N2. The maximum atomic E-state index is 11.4. The summed E-state index contributed by atoms with van der Waals surface area (Å²) in [6.07, 6.45) is 2.02. The van der Waals surface area contributed by atoms with Crippen molar-refractivity contribution in [3.8, 4) is 5.75 Å². The molecule has 0 aliphatic carbocycles. The van der Waals surface area contributed by atoms with Crippen molar-refractivity contribution in [3.63, 3.8) is 0 Å². The van der Waals surface area contributed by atoms with Gasteiger partial charge in [0.15, 0.2) is 6.61 Å². The average Bonchev–Trinajstić information content (AvgIpc) is 2.69. The Kier molecular flexibility index (Phi) is 5.13. The van der Waals surface area contributed by atoms with Gasteiger partial charge < -0.3 is 25.4 Å². The summed E-state index contributed by atoms with van der Waals surface area (Å²) in [5.74, 6) is 0.909. The van der Waals surface area contributed by atoms with Crippen LogP contribution in [0, 0.1) is 12.8 Å². The summed E-state index contributed by atoms with van der Waals surface area (Å²) in [5.41, 5.74) is 4.45. The van der Waals surface area contributed by atoms with E-state index < -0.39 is 5.60 Å². The Morgan fingerprint density at radius 2 is 1.93 bits per heavy atom. The standard InChI is InChI=1S/C23H29N3O3/c1-15-12-18(26-10-8-16(9-11-26)23(2,3)28)5-7-19(15)24-17-4-6-20-21(13-17)29-14-22(27)25-20/h4-7,12-13,16,24,28H,8-11,14H2,1-3H3,(H,25,27). The highest BCUT2D eigenvalue weighted by molar-refractivity contribution is 5.95. The van der Waals surface area contributed by atoms with Crippen LogP contribution in [0.1, 0.15) is 32.3 Å². The lowest BCUT2D eigenvalue weighted by molar-refractivity contribution is -0.118. The largest absolute Gasteiger partial charge is 0.482 e. The molecule has 29 heavy (non-hydrogen) atoms. The Bertz CT molecular complexity index is 912. The minimum Gasteiger partial charge on any atom is -0.482 e. The molecular weight excluding hydrogens is 366 g/mol. The number of hydrogen-bond acceptors (Lipinski definition) is 5. The van der Waals surface area contributed by atoms with E-state index in [0.717, 1.165) is 37.3 Å². The van der Waals surface area contributed by atoms with Crippen LogP contribution < -0.4 is 20.3 Å². The Balaban J connectivity index is 1.44. The molecule has 0 spiro atoms. The number of hydrogen-bond donors (Lipinski definition) is 3. The van der Waals surface area contributed by atoms with Gasteiger partial charge in [-0.1, -0.05) is 0 Å². The van der Waals surface area contributed by atoms with Crippen LogP contribution in [0.4, 0.5) is 22.7 Å². The maximum absolute atomic E-state index is 11.4. The van der Waals surface area contributed by atoms with Crippen LogP contribution >= 0.6 is 0 Å². The van der Waals surface area contributed by atoms with Crippen molar-refractivity contribution in [3.05, 3.63) is 42.0 Å². The second-order valence-corrected chi connectivity index (χ2v) is 8.59. The fourth-order valence-corrected chi connectivity index (χ4v) is 4.14. The average molecular weight is 396 g/mol. The summed E-state index contributed by atoms with van der Waals surface area (Å²) in [7, 11) is 0. The normalized spacial score (nSPS) is 17.4. The van der Waals surface area contributed by atoms with Gasteiger partial charge in [0.05, 0.1) is 11.3 Å². The third kappa shape index (κ3) is 4.32. The Hall–Kier alpha value is -2.73. The van der Waals surface area contributed by atoms with E-state index in [1.165, 1.54) is 11.3 Å². The minimum atomic E-state index is -0.600. The molecule has 0 aromatic heterocycles. The van der Waals surface area contributed by atoms with Crippen molar-refractivity contribution in [2.24, 2.45) is 5.92 Å². The first-order chi connectivity index (χ1) is 13.8. The topological polar surface area (TPSA) is 73.8 Å². The molecule has 2 aromatic rings. The van der Waals surface area contributed by atoms with Gasteiger partial charge in [-0.15, -0.1) is 0 Å². The molecule has 2 aliphatic rings. The van der Waals surface area contributed by atoms with E-state index in [9.17, 15) is 9.90 Å². The van der Waals surface area contributed by atoms with E-state index in [2.05, 4.69) is 40.7 Å². The van der Waals surface area contributed by atoms with Gasteiger partial charge in [0.1, 0.15) is 5.75 Å². The molecule has 4 rings (SSSR count). The zero-order valence-electron chi connectivity index (χ0n) is 17.3. The maximum Gasteiger partial charge on any atom is 0.262 e. The number of carbonyl (C=O) groups excluding carboxylic acids is 1. The van der Waals surface area contributed by atoms with Gasteiger partial charge in [-0.25, -0.2) is 0 Å². The lowest BCUT2D eigenvalue weighted by Gasteiger charge is -2.39. The number of aliphatic hydroxyl groups is 1. The quantitative estimate of drug-likeness (QED) is 0.728. The van der Waals surface area contributed by atoms with Gasteiger partial charge in [0, 0.05) is 36.2 Å². The predicted molar refractivity (Wildman–Crippen MR) is 116 cm³/mol. The van der Waals surface area contributed by atoms with Crippen molar-refractivity contribution in [2.45, 2.75) is 39.2 Å². The van der Waals surface area contributed by atoms with Crippen molar-refractivity contribution >= 4 is 28.7 Å². The molecule has 6 heteroatoms. The van der Waals surface area contributed by atoms with Gasteiger partial charge >= 0.3 is 0 Å². The molecule has 154 valence electrons. The number of nitrogens with one attached hydrogen (secondary N) is 2. The molecule has 1 saturated heterocycles. The van der Waals surface area contributed by atoms with E-state index in [4.69, 9.17) is 4.74 Å². The van der Waals surface area contributed by atoms with E-state index >= 15 is 0 Å². The number of aryl methyl sites for hydroxylation is 1. The summed E-state index contributed by atoms with van der Waals surface area (Å²) in [4.78, 5) is 13.8. The minimum absolute atomic E-state index is 0.0499. The number of carbonyl (C=O) groups is 1. The third-order valence-corrected chi connectivity index (χ3v) is 5.96. The number of nitrogens with zero attached hydrogens (tertiary/aromatic N) is 1. The van der Waals surface area contributed by atoms with Crippen LogP contribution in [-0.4, -0.2) is 36.3 Å². The zero-order chi connectivity index (χ0) is 20.6. The fraction of sp³-hybridized carbons (Fsp3) is 0.435. The van der Waals surface area contributed by atoms with Crippen LogP contribution in [0.3, 0.4) is 0 Å². The first-order valence-corrected chi connectivity index (χ1v) is 10.2. The van der Waals surface area contributed by atoms with Crippen molar-refractivity contribution in [1.82, 2.24) is 0 Å². The van der Waals surface area contributed by atoms with Gasteiger partial charge in [0.25, 0.3) is 5.91 Å². The number of amides is 1. The highest BCUT2D eigenvalue weighted by Gasteiger charge is 2.30. The number of benzene rings is 2. The summed E-state index contributed by atoms with van der Waals surface area (Å²) < 4.78 is 5.50. The summed E-state index contributed by atoms with van der Waals surface area (Å²) in [6.45, 7) is 7.91. The first kappa shape index (κ1) is 19.6. The van der Waals surface area contributed by atoms with Gasteiger partial charge in [0.2, 0.25) is 0 Å². The Morgan fingerprint density at radius 3 is 2.62 bits per heavy atom. The van der Waals surface area contributed by atoms with Gasteiger partial charge in [-0.2, -0.15) is 0 Å². The number of ether oxygens (including phenoxy) is 1. The Labute approximate surface area is 171 Å². The number of piperidine rings is 1. The molecule has 0 unspecified atom stereocenters. The van der Waals surface area contributed by atoms with Crippen LogP contribution in [0.15, 0.2) is 36.4 Å². The molecule has 2 aromatic carbocycles. The molecule has 1 amide bonds. The zero-order valence-corrected chi connectivity index (χ0v) is 17.3. The summed E-state index contributed by atoms with van der Waals surface area (Å²) in [6, 6.07) is 12.2. The lowest BCUT2D eigenvalue weighted by atomic mass is 9.83. The predicted octanol–water partition coefficient (Wildman–Crippen LogP) is 4.06. The van der Waals surface area contributed by atoms with E-state index in [0.29, 0.717) is 17.4 Å². The van der Waals surface area contributed by atoms with Crippen molar-refractivity contribution in [2.75, 3.05) is 35.2 Å². The molecular formula is C23H29N3O3. The fourth-order valence-electron chi connectivity index (χ4n) is 4.14. The molecule has 2 aliphatic heterocycles. The van der Waals surface area contributed by atoms with E-state index in [1.54, 1.807) is 0 Å².